The quantitative estimate of drug-likeness (QED) is 0.791. The third kappa shape index (κ3) is 4.12. The predicted octanol–water partition coefficient (Wildman–Crippen LogP) is 5.00. The second-order valence-corrected chi connectivity index (χ2v) is 5.73. The first-order valence-corrected chi connectivity index (χ1v) is 7.91. The van der Waals surface area contributed by atoms with Crippen LogP contribution < -0.4 is 10.1 Å². The van der Waals surface area contributed by atoms with Crippen LogP contribution in [0.4, 0.5) is 10.1 Å². The number of rotatable bonds is 6. The summed E-state index contributed by atoms with van der Waals surface area (Å²) >= 11 is 0. The van der Waals surface area contributed by atoms with Gasteiger partial charge in [0.25, 0.3) is 0 Å². The molecule has 1 aromatic rings. The largest absolute Gasteiger partial charge is 0.491 e. The van der Waals surface area contributed by atoms with Gasteiger partial charge >= 0.3 is 0 Å². The first-order valence-electron chi connectivity index (χ1n) is 7.91. The second-order valence-electron chi connectivity index (χ2n) is 5.73. The summed E-state index contributed by atoms with van der Waals surface area (Å²) in [5.74, 6) is 0.955. The maximum absolute atomic E-state index is 13.8. The molecule has 0 atom stereocenters. The predicted molar refractivity (Wildman–Crippen MR) is 81.8 cm³/mol. The van der Waals surface area contributed by atoms with E-state index in [4.69, 9.17) is 4.74 Å². The van der Waals surface area contributed by atoms with E-state index in [1.165, 1.54) is 38.5 Å². The van der Waals surface area contributed by atoms with Gasteiger partial charge in [-0.1, -0.05) is 19.8 Å². The average Bonchev–Trinajstić information content (AvgIpc) is 2.44. The number of nitrogens with one attached hydrogen (secondary N) is 1. The molecule has 0 saturated heterocycles. The van der Waals surface area contributed by atoms with Crippen LogP contribution in [0.1, 0.15) is 52.4 Å². The van der Waals surface area contributed by atoms with Crippen molar-refractivity contribution >= 4 is 5.69 Å². The molecule has 0 aliphatic heterocycles. The third-order valence-electron chi connectivity index (χ3n) is 4.15. The van der Waals surface area contributed by atoms with Crippen LogP contribution in [0.15, 0.2) is 18.2 Å². The van der Waals surface area contributed by atoms with Gasteiger partial charge in [-0.2, -0.15) is 0 Å². The molecule has 0 bridgehead atoms. The Labute approximate surface area is 121 Å². The van der Waals surface area contributed by atoms with Crippen molar-refractivity contribution < 1.29 is 9.13 Å². The minimum absolute atomic E-state index is 0.281. The van der Waals surface area contributed by atoms with Gasteiger partial charge in [0.2, 0.25) is 0 Å². The summed E-state index contributed by atoms with van der Waals surface area (Å²) in [5, 5.41) is 3.46. The van der Waals surface area contributed by atoms with E-state index in [0.717, 1.165) is 11.6 Å². The van der Waals surface area contributed by atoms with Crippen LogP contribution in [0.3, 0.4) is 0 Å². The molecule has 1 saturated carbocycles. The van der Waals surface area contributed by atoms with Gasteiger partial charge in [-0.25, -0.2) is 4.39 Å². The van der Waals surface area contributed by atoms with Crippen molar-refractivity contribution in [2.24, 2.45) is 5.92 Å². The zero-order valence-corrected chi connectivity index (χ0v) is 12.6. The highest BCUT2D eigenvalue weighted by Crippen LogP contribution is 2.30. The van der Waals surface area contributed by atoms with Crippen molar-refractivity contribution in [3.63, 3.8) is 0 Å². The Morgan fingerprint density at radius 1 is 1.20 bits per heavy atom. The van der Waals surface area contributed by atoms with Crippen molar-refractivity contribution in [2.45, 2.75) is 58.4 Å². The van der Waals surface area contributed by atoms with Gasteiger partial charge in [-0.05, 0) is 50.7 Å². The molecule has 0 radical (unpaired) electrons. The van der Waals surface area contributed by atoms with Gasteiger partial charge in [0.05, 0.1) is 6.61 Å². The molecule has 1 fully saturated rings. The molecule has 1 aliphatic carbocycles. The standard InChI is InChI=1S/C17H26FNO/c1-3-5-13-6-8-14(9-7-13)19-15-10-11-17(20-4-2)16(18)12-15/h10-14,19H,3-9H2,1-2H3. The maximum Gasteiger partial charge on any atom is 0.167 e. The van der Waals surface area contributed by atoms with Gasteiger partial charge < -0.3 is 10.1 Å². The monoisotopic (exact) mass is 279 g/mol. The summed E-state index contributed by atoms with van der Waals surface area (Å²) in [6.07, 6.45) is 7.62. The van der Waals surface area contributed by atoms with E-state index in [0.29, 0.717) is 18.4 Å². The molecule has 2 nitrogen and oxygen atoms in total. The Balaban J connectivity index is 1.86. The zero-order chi connectivity index (χ0) is 14.4. The average molecular weight is 279 g/mol. The van der Waals surface area contributed by atoms with E-state index in [-0.39, 0.29) is 5.82 Å². The lowest BCUT2D eigenvalue weighted by Gasteiger charge is -2.29. The lowest BCUT2D eigenvalue weighted by atomic mass is 9.83. The minimum atomic E-state index is -0.281. The molecule has 1 aromatic carbocycles. The van der Waals surface area contributed by atoms with Crippen LogP contribution in [0.2, 0.25) is 0 Å². The third-order valence-corrected chi connectivity index (χ3v) is 4.15. The molecule has 2 rings (SSSR count). The Morgan fingerprint density at radius 3 is 2.55 bits per heavy atom. The van der Waals surface area contributed by atoms with E-state index in [9.17, 15) is 4.39 Å². The van der Waals surface area contributed by atoms with Crippen LogP contribution in [-0.4, -0.2) is 12.6 Å². The number of hydrogen-bond donors (Lipinski definition) is 1. The Bertz CT molecular complexity index is 413. The van der Waals surface area contributed by atoms with Crippen LogP contribution in [0, 0.1) is 11.7 Å². The summed E-state index contributed by atoms with van der Waals surface area (Å²) in [6.45, 7) is 4.61. The summed E-state index contributed by atoms with van der Waals surface area (Å²) < 4.78 is 19.0. The molecule has 0 unspecified atom stereocenters. The second kappa shape index (κ2) is 7.51. The van der Waals surface area contributed by atoms with Crippen molar-refractivity contribution in [2.75, 3.05) is 11.9 Å². The summed E-state index contributed by atoms with van der Waals surface area (Å²) in [7, 11) is 0. The van der Waals surface area contributed by atoms with Gasteiger partial charge in [-0.3, -0.25) is 0 Å². The molecule has 1 aliphatic rings. The molecular formula is C17H26FNO. The van der Waals surface area contributed by atoms with E-state index in [1.807, 2.05) is 13.0 Å². The van der Waals surface area contributed by atoms with Gasteiger partial charge in [0, 0.05) is 17.8 Å². The normalized spacial score (nSPS) is 22.6. The number of benzene rings is 1. The van der Waals surface area contributed by atoms with Crippen LogP contribution >= 0.6 is 0 Å². The summed E-state index contributed by atoms with van der Waals surface area (Å²) in [5.41, 5.74) is 0.866. The van der Waals surface area contributed by atoms with Gasteiger partial charge in [0.15, 0.2) is 11.6 Å². The fourth-order valence-corrected chi connectivity index (χ4v) is 3.10. The van der Waals surface area contributed by atoms with Crippen LogP contribution in [-0.2, 0) is 0 Å². The van der Waals surface area contributed by atoms with E-state index in [2.05, 4.69) is 12.2 Å². The molecule has 0 amide bonds. The first-order chi connectivity index (χ1) is 9.72. The molecule has 0 aromatic heterocycles. The van der Waals surface area contributed by atoms with Crippen molar-refractivity contribution in [3.05, 3.63) is 24.0 Å². The number of anilines is 1. The molecular weight excluding hydrogens is 253 g/mol. The summed E-state index contributed by atoms with van der Waals surface area (Å²) in [6, 6.07) is 5.65. The topological polar surface area (TPSA) is 21.3 Å². The highest BCUT2D eigenvalue weighted by atomic mass is 19.1. The molecule has 112 valence electrons. The van der Waals surface area contributed by atoms with E-state index >= 15 is 0 Å². The Kier molecular flexibility index (Phi) is 5.69. The fourth-order valence-electron chi connectivity index (χ4n) is 3.10. The lowest BCUT2D eigenvalue weighted by molar-refractivity contribution is 0.317. The Morgan fingerprint density at radius 2 is 1.95 bits per heavy atom. The summed E-state index contributed by atoms with van der Waals surface area (Å²) in [4.78, 5) is 0. The lowest BCUT2D eigenvalue weighted by Crippen LogP contribution is -2.26. The molecule has 20 heavy (non-hydrogen) atoms. The van der Waals surface area contributed by atoms with E-state index in [1.54, 1.807) is 12.1 Å². The first kappa shape index (κ1) is 15.1. The highest BCUT2D eigenvalue weighted by molar-refractivity contribution is 5.48. The minimum Gasteiger partial charge on any atom is -0.491 e. The van der Waals surface area contributed by atoms with E-state index < -0.39 is 0 Å². The highest BCUT2D eigenvalue weighted by Gasteiger charge is 2.20. The van der Waals surface area contributed by atoms with Crippen molar-refractivity contribution in [3.8, 4) is 5.75 Å². The smallest absolute Gasteiger partial charge is 0.167 e. The van der Waals surface area contributed by atoms with Gasteiger partial charge in [0.1, 0.15) is 0 Å². The number of ether oxygens (including phenoxy) is 1. The fraction of sp³-hybridized carbons (Fsp3) is 0.647. The van der Waals surface area contributed by atoms with Crippen molar-refractivity contribution in [1.29, 1.82) is 0 Å². The SMILES string of the molecule is CCCC1CCC(Nc2ccc(OCC)c(F)c2)CC1. The number of hydrogen-bond acceptors (Lipinski definition) is 2. The molecule has 1 N–H and O–H groups in total. The Hall–Kier alpha value is -1.25. The van der Waals surface area contributed by atoms with Gasteiger partial charge in [-0.15, -0.1) is 0 Å². The van der Waals surface area contributed by atoms with Crippen molar-refractivity contribution in [1.82, 2.24) is 0 Å². The zero-order valence-electron chi connectivity index (χ0n) is 12.6. The van der Waals surface area contributed by atoms with Crippen LogP contribution in [0.25, 0.3) is 0 Å². The number of halogens is 1. The molecule has 3 heteroatoms. The molecule has 0 spiro atoms. The molecule has 0 heterocycles. The maximum atomic E-state index is 13.8. The van der Waals surface area contributed by atoms with Crippen LogP contribution in [0.5, 0.6) is 5.75 Å².